The zero-order valence-corrected chi connectivity index (χ0v) is 14.8. The van der Waals surface area contributed by atoms with E-state index in [0.29, 0.717) is 19.2 Å². The third-order valence-electron chi connectivity index (χ3n) is 4.75. The zero-order valence-electron chi connectivity index (χ0n) is 14.8. The van der Waals surface area contributed by atoms with Gasteiger partial charge < -0.3 is 15.0 Å². The Kier molecular flexibility index (Phi) is 5.94. The van der Waals surface area contributed by atoms with E-state index in [0.717, 1.165) is 42.7 Å². The van der Waals surface area contributed by atoms with Crippen LogP contribution in [0.15, 0.2) is 54.6 Å². The fourth-order valence-corrected chi connectivity index (χ4v) is 3.33. The van der Waals surface area contributed by atoms with Crippen LogP contribution in [0.25, 0.3) is 0 Å². The molecule has 1 atom stereocenters. The molecule has 0 radical (unpaired) electrons. The van der Waals surface area contributed by atoms with Crippen molar-refractivity contribution in [2.45, 2.75) is 45.4 Å². The van der Waals surface area contributed by atoms with Gasteiger partial charge in [-0.15, -0.1) is 0 Å². The van der Waals surface area contributed by atoms with Crippen LogP contribution in [0.2, 0.25) is 0 Å². The molecule has 1 heterocycles. The summed E-state index contributed by atoms with van der Waals surface area (Å²) in [6, 6.07) is 18.4. The summed E-state index contributed by atoms with van der Waals surface area (Å²) in [5, 5.41) is 3.05. The van der Waals surface area contributed by atoms with Gasteiger partial charge in [-0.05, 0) is 30.9 Å². The van der Waals surface area contributed by atoms with Crippen LogP contribution in [0, 0.1) is 0 Å². The van der Waals surface area contributed by atoms with Gasteiger partial charge >= 0.3 is 6.03 Å². The lowest BCUT2D eigenvalue weighted by molar-refractivity contribution is 0.190. The number of nitrogens with one attached hydrogen (secondary N) is 1. The summed E-state index contributed by atoms with van der Waals surface area (Å²) in [5.74, 6) is 0.820. The van der Waals surface area contributed by atoms with E-state index in [1.54, 1.807) is 0 Å². The van der Waals surface area contributed by atoms with E-state index >= 15 is 0 Å². The zero-order chi connectivity index (χ0) is 17.5. The molecule has 0 saturated carbocycles. The molecule has 3 rings (SSSR count). The maximum atomic E-state index is 12.5. The Hall–Kier alpha value is -2.49. The van der Waals surface area contributed by atoms with Crippen LogP contribution in [-0.4, -0.2) is 23.5 Å². The maximum absolute atomic E-state index is 12.5. The van der Waals surface area contributed by atoms with Crippen LogP contribution >= 0.6 is 0 Å². The summed E-state index contributed by atoms with van der Waals surface area (Å²) in [6.07, 6.45) is 3.23. The third-order valence-corrected chi connectivity index (χ3v) is 4.75. The van der Waals surface area contributed by atoms with Crippen molar-refractivity contribution in [1.29, 1.82) is 0 Å². The highest BCUT2D eigenvalue weighted by Gasteiger charge is 2.26. The van der Waals surface area contributed by atoms with E-state index in [9.17, 15) is 4.79 Å². The highest BCUT2D eigenvalue weighted by molar-refractivity contribution is 5.75. The molecule has 1 aliphatic rings. The largest absolute Gasteiger partial charge is 0.489 e. The molecule has 4 heteroatoms. The van der Waals surface area contributed by atoms with E-state index in [4.69, 9.17) is 4.74 Å². The van der Waals surface area contributed by atoms with Crippen molar-refractivity contribution >= 4 is 6.03 Å². The highest BCUT2D eigenvalue weighted by Crippen LogP contribution is 2.21. The number of likely N-dealkylation sites (tertiary alicyclic amines) is 1. The first kappa shape index (κ1) is 17.3. The number of urea groups is 1. The molecule has 2 amide bonds. The number of carbonyl (C=O) groups excluding carboxylic acids is 1. The highest BCUT2D eigenvalue weighted by atomic mass is 16.5. The number of benzene rings is 2. The first-order valence-corrected chi connectivity index (χ1v) is 9.07. The molecule has 0 spiro atoms. The van der Waals surface area contributed by atoms with Gasteiger partial charge in [-0.1, -0.05) is 55.5 Å². The third kappa shape index (κ3) is 4.53. The molecule has 25 heavy (non-hydrogen) atoms. The minimum atomic E-state index is 0.0298. The molecule has 1 saturated heterocycles. The number of hydrogen-bond acceptors (Lipinski definition) is 2. The summed E-state index contributed by atoms with van der Waals surface area (Å²) in [6.45, 7) is 4.01. The molecule has 2 aromatic carbocycles. The van der Waals surface area contributed by atoms with Gasteiger partial charge in [0.25, 0.3) is 0 Å². The standard InChI is InChI=1S/C21H26N2O2/c1-2-19-12-8-14-23(19)21(24)22-15-18-11-6-7-13-20(18)25-16-17-9-4-3-5-10-17/h3-7,9-11,13,19H,2,8,12,14-16H2,1H3,(H,22,24)/t19-/m0/s1. The van der Waals surface area contributed by atoms with Gasteiger partial charge in [0.15, 0.2) is 0 Å². The molecule has 0 aromatic heterocycles. The number of rotatable bonds is 6. The van der Waals surface area contributed by atoms with Crippen molar-refractivity contribution in [2.24, 2.45) is 0 Å². The van der Waals surface area contributed by atoms with E-state index in [-0.39, 0.29) is 6.03 Å². The predicted molar refractivity (Wildman–Crippen MR) is 99.5 cm³/mol. The first-order valence-electron chi connectivity index (χ1n) is 9.07. The number of carbonyl (C=O) groups is 1. The summed E-state index contributed by atoms with van der Waals surface area (Å²) >= 11 is 0. The fourth-order valence-electron chi connectivity index (χ4n) is 3.33. The van der Waals surface area contributed by atoms with Crippen molar-refractivity contribution in [3.05, 3.63) is 65.7 Å². The van der Waals surface area contributed by atoms with E-state index in [2.05, 4.69) is 12.2 Å². The minimum Gasteiger partial charge on any atom is -0.489 e. The van der Waals surface area contributed by atoms with E-state index < -0.39 is 0 Å². The van der Waals surface area contributed by atoms with Gasteiger partial charge in [-0.3, -0.25) is 0 Å². The van der Waals surface area contributed by atoms with Gasteiger partial charge in [0, 0.05) is 24.7 Å². The van der Waals surface area contributed by atoms with Gasteiger partial charge in [-0.25, -0.2) is 4.79 Å². The molecule has 0 unspecified atom stereocenters. The number of nitrogens with zero attached hydrogens (tertiary/aromatic N) is 1. The maximum Gasteiger partial charge on any atom is 0.317 e. The quantitative estimate of drug-likeness (QED) is 0.851. The van der Waals surface area contributed by atoms with E-state index in [1.165, 1.54) is 0 Å². The van der Waals surface area contributed by atoms with Crippen molar-refractivity contribution in [1.82, 2.24) is 10.2 Å². The van der Waals surface area contributed by atoms with Crippen molar-refractivity contribution in [3.63, 3.8) is 0 Å². The van der Waals surface area contributed by atoms with Crippen LogP contribution in [0.4, 0.5) is 4.79 Å². The van der Waals surface area contributed by atoms with Crippen LogP contribution in [0.1, 0.15) is 37.3 Å². The number of hydrogen-bond donors (Lipinski definition) is 1. The lowest BCUT2D eigenvalue weighted by Crippen LogP contribution is -2.42. The average molecular weight is 338 g/mol. The lowest BCUT2D eigenvalue weighted by atomic mass is 10.2. The summed E-state index contributed by atoms with van der Waals surface area (Å²) in [7, 11) is 0. The van der Waals surface area contributed by atoms with Crippen molar-refractivity contribution < 1.29 is 9.53 Å². The Morgan fingerprint density at radius 2 is 1.92 bits per heavy atom. The monoisotopic (exact) mass is 338 g/mol. The summed E-state index contributed by atoms with van der Waals surface area (Å²) in [5.41, 5.74) is 2.13. The molecular formula is C21H26N2O2. The SMILES string of the molecule is CC[C@H]1CCCN1C(=O)NCc1ccccc1OCc1ccccc1. The fraction of sp³-hybridized carbons (Fsp3) is 0.381. The Bertz CT molecular complexity index is 687. The molecule has 1 N–H and O–H groups in total. The molecule has 1 aliphatic heterocycles. The van der Waals surface area contributed by atoms with Crippen LogP contribution in [-0.2, 0) is 13.2 Å². The Morgan fingerprint density at radius 3 is 2.72 bits per heavy atom. The predicted octanol–water partition coefficient (Wildman–Crippen LogP) is 4.35. The number of ether oxygens (including phenoxy) is 1. The smallest absolute Gasteiger partial charge is 0.317 e. The normalized spacial score (nSPS) is 16.7. The van der Waals surface area contributed by atoms with Gasteiger partial charge in [0.1, 0.15) is 12.4 Å². The topological polar surface area (TPSA) is 41.6 Å². The van der Waals surface area contributed by atoms with E-state index in [1.807, 2.05) is 59.5 Å². The lowest BCUT2D eigenvalue weighted by Gasteiger charge is -2.24. The Morgan fingerprint density at radius 1 is 1.16 bits per heavy atom. The van der Waals surface area contributed by atoms with Crippen LogP contribution in [0.5, 0.6) is 5.75 Å². The molecule has 1 fully saturated rings. The van der Waals surface area contributed by atoms with Gasteiger partial charge in [0.2, 0.25) is 0 Å². The average Bonchev–Trinajstić information content (AvgIpc) is 3.15. The molecule has 4 nitrogen and oxygen atoms in total. The first-order chi connectivity index (χ1) is 12.3. The molecule has 0 aliphatic carbocycles. The second-order valence-corrected chi connectivity index (χ2v) is 6.44. The summed E-state index contributed by atoms with van der Waals surface area (Å²) < 4.78 is 5.96. The van der Waals surface area contributed by atoms with Crippen molar-refractivity contribution in [3.8, 4) is 5.75 Å². The minimum absolute atomic E-state index is 0.0298. The number of para-hydroxylation sites is 1. The number of amides is 2. The van der Waals surface area contributed by atoms with Crippen LogP contribution in [0.3, 0.4) is 0 Å². The molecule has 2 aromatic rings. The Balaban J connectivity index is 1.58. The van der Waals surface area contributed by atoms with Crippen molar-refractivity contribution in [2.75, 3.05) is 6.54 Å². The van der Waals surface area contributed by atoms with Gasteiger partial charge in [-0.2, -0.15) is 0 Å². The summed E-state index contributed by atoms with van der Waals surface area (Å²) in [4.78, 5) is 14.4. The van der Waals surface area contributed by atoms with Gasteiger partial charge in [0.05, 0.1) is 0 Å². The molecule has 132 valence electrons. The van der Waals surface area contributed by atoms with Crippen LogP contribution < -0.4 is 10.1 Å². The molecular weight excluding hydrogens is 312 g/mol. The second-order valence-electron chi connectivity index (χ2n) is 6.44. The Labute approximate surface area is 149 Å². The second kappa shape index (κ2) is 8.56. The molecule has 0 bridgehead atoms.